The maximum Gasteiger partial charge on any atom is 0.122 e. The first-order valence-corrected chi connectivity index (χ1v) is 9.04. The van der Waals surface area contributed by atoms with Gasteiger partial charge in [-0.3, -0.25) is 0 Å². The Morgan fingerprint density at radius 2 is 2.10 bits per heavy atom. The van der Waals surface area contributed by atoms with Crippen LogP contribution in [0.5, 0.6) is 0 Å². The Hall–Kier alpha value is -0.450. The lowest BCUT2D eigenvalue weighted by molar-refractivity contribution is 0.00542. The Morgan fingerprint density at radius 3 is 2.80 bits per heavy atom. The zero-order valence-electron chi connectivity index (χ0n) is 12.4. The van der Waals surface area contributed by atoms with E-state index in [1.807, 2.05) is 0 Å². The van der Waals surface area contributed by atoms with Crippen LogP contribution in [0.15, 0.2) is 5.38 Å². The zero-order valence-corrected chi connectivity index (χ0v) is 13.3. The summed E-state index contributed by atoms with van der Waals surface area (Å²) in [6, 6.07) is 0.751. The number of hydrogen-bond donors (Lipinski definition) is 1. The van der Waals surface area contributed by atoms with E-state index in [4.69, 9.17) is 9.72 Å². The average molecular weight is 294 g/mol. The fraction of sp³-hybridized carbons (Fsp3) is 0.812. The van der Waals surface area contributed by atoms with Gasteiger partial charge in [-0.05, 0) is 38.5 Å². The van der Waals surface area contributed by atoms with Gasteiger partial charge in [-0.1, -0.05) is 19.3 Å². The highest BCUT2D eigenvalue weighted by atomic mass is 32.1. The van der Waals surface area contributed by atoms with E-state index in [1.165, 1.54) is 55.6 Å². The molecule has 0 aromatic carbocycles. The van der Waals surface area contributed by atoms with Crippen LogP contribution in [-0.4, -0.2) is 17.6 Å². The quantitative estimate of drug-likeness (QED) is 0.823. The molecular formula is C16H26N2OS. The third-order valence-electron chi connectivity index (χ3n) is 4.39. The number of nitrogens with zero attached hydrogens (tertiary/aromatic N) is 1. The van der Waals surface area contributed by atoms with E-state index in [9.17, 15) is 0 Å². The molecule has 1 aromatic rings. The second-order valence-corrected chi connectivity index (χ2v) is 7.00. The van der Waals surface area contributed by atoms with Crippen molar-refractivity contribution >= 4 is 11.3 Å². The van der Waals surface area contributed by atoms with Gasteiger partial charge >= 0.3 is 0 Å². The van der Waals surface area contributed by atoms with Crippen molar-refractivity contribution < 1.29 is 4.74 Å². The van der Waals surface area contributed by atoms with Crippen LogP contribution >= 0.6 is 11.3 Å². The Balaban J connectivity index is 1.62. The topological polar surface area (TPSA) is 34.1 Å². The van der Waals surface area contributed by atoms with Gasteiger partial charge in [0.25, 0.3) is 0 Å². The van der Waals surface area contributed by atoms with Crippen LogP contribution in [-0.2, 0) is 11.3 Å². The van der Waals surface area contributed by atoms with E-state index in [-0.39, 0.29) is 6.10 Å². The maximum absolute atomic E-state index is 6.05. The zero-order chi connectivity index (χ0) is 13.8. The molecule has 1 unspecified atom stereocenters. The third-order valence-corrected chi connectivity index (χ3v) is 5.34. The van der Waals surface area contributed by atoms with E-state index < -0.39 is 0 Å². The largest absolute Gasteiger partial charge is 0.371 e. The van der Waals surface area contributed by atoms with E-state index in [2.05, 4.69) is 17.6 Å². The lowest BCUT2D eigenvalue weighted by atomic mass is 9.85. The molecule has 2 aliphatic rings. The van der Waals surface area contributed by atoms with Gasteiger partial charge in [0, 0.05) is 24.6 Å². The van der Waals surface area contributed by atoms with Crippen molar-refractivity contribution in [3.05, 3.63) is 16.1 Å². The first kappa shape index (κ1) is 14.5. The van der Waals surface area contributed by atoms with Crippen molar-refractivity contribution in [1.82, 2.24) is 10.3 Å². The molecule has 2 fully saturated rings. The molecule has 3 rings (SSSR count). The van der Waals surface area contributed by atoms with Gasteiger partial charge in [-0.25, -0.2) is 4.98 Å². The summed E-state index contributed by atoms with van der Waals surface area (Å²) in [6.07, 6.45) is 9.62. The van der Waals surface area contributed by atoms with Gasteiger partial charge in [-0.2, -0.15) is 0 Å². The molecule has 3 nitrogen and oxygen atoms in total. The minimum absolute atomic E-state index is 0.236. The molecule has 4 heteroatoms. The van der Waals surface area contributed by atoms with Crippen molar-refractivity contribution in [1.29, 1.82) is 0 Å². The van der Waals surface area contributed by atoms with Crippen LogP contribution in [0, 0.1) is 5.92 Å². The van der Waals surface area contributed by atoms with Gasteiger partial charge in [0.15, 0.2) is 0 Å². The minimum atomic E-state index is 0.236. The van der Waals surface area contributed by atoms with Crippen molar-refractivity contribution in [2.75, 3.05) is 6.61 Å². The van der Waals surface area contributed by atoms with Crippen LogP contribution in [0.4, 0.5) is 0 Å². The van der Waals surface area contributed by atoms with E-state index >= 15 is 0 Å². The highest BCUT2D eigenvalue weighted by Crippen LogP contribution is 2.38. The predicted molar refractivity (Wildman–Crippen MR) is 82.9 cm³/mol. The van der Waals surface area contributed by atoms with Gasteiger partial charge < -0.3 is 10.1 Å². The number of aromatic nitrogens is 1. The molecule has 0 spiro atoms. The summed E-state index contributed by atoms with van der Waals surface area (Å²) in [6.45, 7) is 3.81. The first-order chi connectivity index (χ1) is 9.86. The Morgan fingerprint density at radius 1 is 1.30 bits per heavy atom. The molecule has 0 amide bonds. The number of nitrogens with one attached hydrogen (secondary N) is 1. The number of thiazole rings is 1. The smallest absolute Gasteiger partial charge is 0.122 e. The average Bonchev–Trinajstić information content (AvgIpc) is 3.21. The summed E-state index contributed by atoms with van der Waals surface area (Å²) < 4.78 is 6.05. The third kappa shape index (κ3) is 3.80. The van der Waals surface area contributed by atoms with Crippen molar-refractivity contribution in [3.8, 4) is 0 Å². The molecule has 1 atom stereocenters. The van der Waals surface area contributed by atoms with Gasteiger partial charge in [0.2, 0.25) is 0 Å². The minimum Gasteiger partial charge on any atom is -0.371 e. The van der Waals surface area contributed by atoms with Gasteiger partial charge in [0.1, 0.15) is 11.1 Å². The molecule has 1 heterocycles. The number of ether oxygens (including phenoxy) is 1. The second kappa shape index (κ2) is 7.01. The lowest BCUT2D eigenvalue weighted by Gasteiger charge is -2.28. The van der Waals surface area contributed by atoms with E-state index in [0.717, 1.165) is 19.2 Å². The fourth-order valence-corrected chi connectivity index (χ4v) is 4.05. The summed E-state index contributed by atoms with van der Waals surface area (Å²) >= 11 is 1.79. The predicted octanol–water partition coefficient (Wildman–Crippen LogP) is 4.05. The Labute approximate surface area is 126 Å². The molecule has 2 saturated carbocycles. The van der Waals surface area contributed by atoms with Crippen molar-refractivity contribution in [2.24, 2.45) is 5.92 Å². The SMILES string of the molecule is CCOC(c1nc(CNC2CC2)cs1)C1CCCCC1. The lowest BCUT2D eigenvalue weighted by Crippen LogP contribution is -2.19. The summed E-state index contributed by atoms with van der Waals surface area (Å²) in [4.78, 5) is 4.84. The molecule has 1 aromatic heterocycles. The van der Waals surface area contributed by atoms with E-state index in [0.29, 0.717) is 5.92 Å². The van der Waals surface area contributed by atoms with Crippen LogP contribution in [0.25, 0.3) is 0 Å². The van der Waals surface area contributed by atoms with Crippen LogP contribution in [0.2, 0.25) is 0 Å². The van der Waals surface area contributed by atoms with E-state index in [1.54, 1.807) is 11.3 Å². The Bertz CT molecular complexity index is 410. The number of hydrogen-bond acceptors (Lipinski definition) is 4. The molecule has 0 radical (unpaired) electrons. The summed E-state index contributed by atoms with van der Waals surface area (Å²) in [7, 11) is 0. The monoisotopic (exact) mass is 294 g/mol. The standard InChI is InChI=1S/C16H26N2OS/c1-2-19-15(12-6-4-3-5-7-12)16-18-14(11-20-16)10-17-13-8-9-13/h11-13,15,17H,2-10H2,1H3. The molecule has 0 aliphatic heterocycles. The molecule has 0 saturated heterocycles. The molecule has 0 bridgehead atoms. The Kier molecular flexibility index (Phi) is 5.08. The molecule has 112 valence electrons. The van der Waals surface area contributed by atoms with Gasteiger partial charge in [0.05, 0.1) is 5.69 Å². The van der Waals surface area contributed by atoms with Gasteiger partial charge in [-0.15, -0.1) is 11.3 Å². The normalized spacial score (nSPS) is 22.1. The summed E-state index contributed by atoms with van der Waals surface area (Å²) in [5.41, 5.74) is 1.19. The highest BCUT2D eigenvalue weighted by Gasteiger charge is 2.28. The molecule has 1 N–H and O–H groups in total. The highest BCUT2D eigenvalue weighted by molar-refractivity contribution is 7.09. The summed E-state index contributed by atoms with van der Waals surface area (Å²) in [5, 5.41) is 6.95. The molecule has 2 aliphatic carbocycles. The van der Waals surface area contributed by atoms with Crippen LogP contribution < -0.4 is 5.32 Å². The number of rotatable bonds is 7. The first-order valence-electron chi connectivity index (χ1n) is 8.16. The molecule has 20 heavy (non-hydrogen) atoms. The fourth-order valence-electron chi connectivity index (χ4n) is 3.10. The summed E-state index contributed by atoms with van der Waals surface area (Å²) in [5.74, 6) is 0.680. The van der Waals surface area contributed by atoms with Crippen molar-refractivity contribution in [3.63, 3.8) is 0 Å². The molecular weight excluding hydrogens is 268 g/mol. The maximum atomic E-state index is 6.05. The second-order valence-electron chi connectivity index (χ2n) is 6.11. The van der Waals surface area contributed by atoms with Crippen LogP contribution in [0.1, 0.15) is 68.7 Å². The van der Waals surface area contributed by atoms with Crippen LogP contribution in [0.3, 0.4) is 0 Å². The van der Waals surface area contributed by atoms with Crippen molar-refractivity contribution in [2.45, 2.75) is 70.6 Å².